The van der Waals surface area contributed by atoms with Gasteiger partial charge in [-0.2, -0.15) is 0 Å². The number of nitrogens with one attached hydrogen (secondary N) is 1. The highest BCUT2D eigenvalue weighted by atomic mass is 16.4. The van der Waals surface area contributed by atoms with Crippen LogP contribution in [0.5, 0.6) is 0 Å². The maximum absolute atomic E-state index is 11.8. The molecule has 0 fully saturated rings. The first-order valence-electron chi connectivity index (χ1n) is 5.56. The number of urea groups is 1. The highest BCUT2D eigenvalue weighted by Gasteiger charge is 2.26. The number of aliphatic carboxylic acids is 1. The summed E-state index contributed by atoms with van der Waals surface area (Å²) in [4.78, 5) is 23.8. The van der Waals surface area contributed by atoms with Crippen LogP contribution in [0.15, 0.2) is 0 Å². The Kier molecular flexibility index (Phi) is 5.85. The molecule has 0 atom stereocenters. The van der Waals surface area contributed by atoms with Crippen LogP contribution in [0.3, 0.4) is 0 Å². The SMILES string of the molecule is CCCNC(=O)N(CCC(=O)O)C(C)(C)C. The highest BCUT2D eigenvalue weighted by Crippen LogP contribution is 2.13. The van der Waals surface area contributed by atoms with Crippen molar-refractivity contribution in [2.75, 3.05) is 13.1 Å². The lowest BCUT2D eigenvalue weighted by molar-refractivity contribution is -0.137. The van der Waals surface area contributed by atoms with Gasteiger partial charge in [0.15, 0.2) is 0 Å². The maximum Gasteiger partial charge on any atom is 0.317 e. The monoisotopic (exact) mass is 230 g/mol. The average Bonchev–Trinajstić information content (AvgIpc) is 2.12. The van der Waals surface area contributed by atoms with E-state index in [1.165, 1.54) is 0 Å². The van der Waals surface area contributed by atoms with Gasteiger partial charge >= 0.3 is 12.0 Å². The van der Waals surface area contributed by atoms with Crippen molar-refractivity contribution in [3.8, 4) is 0 Å². The first kappa shape index (κ1) is 14.7. The molecular formula is C11H22N2O3. The molecule has 94 valence electrons. The van der Waals surface area contributed by atoms with Crippen molar-refractivity contribution in [2.45, 2.75) is 46.1 Å². The van der Waals surface area contributed by atoms with Gasteiger partial charge in [0.05, 0.1) is 6.42 Å². The Hall–Kier alpha value is -1.26. The van der Waals surface area contributed by atoms with Crippen LogP contribution < -0.4 is 5.32 Å². The Morgan fingerprint density at radius 3 is 2.25 bits per heavy atom. The minimum absolute atomic E-state index is 0.0309. The van der Waals surface area contributed by atoms with E-state index in [1.54, 1.807) is 4.90 Å². The van der Waals surface area contributed by atoms with Gasteiger partial charge in [-0.3, -0.25) is 4.79 Å². The summed E-state index contributed by atoms with van der Waals surface area (Å²) in [6.45, 7) is 8.48. The van der Waals surface area contributed by atoms with Crippen molar-refractivity contribution < 1.29 is 14.7 Å². The molecule has 0 bridgehead atoms. The summed E-state index contributed by atoms with van der Waals surface area (Å²) in [6, 6.07) is -0.199. The van der Waals surface area contributed by atoms with E-state index in [2.05, 4.69) is 5.32 Å². The number of nitrogens with zero attached hydrogens (tertiary/aromatic N) is 1. The Morgan fingerprint density at radius 1 is 1.31 bits per heavy atom. The number of carboxylic acid groups (broad SMARTS) is 1. The van der Waals surface area contributed by atoms with Gasteiger partial charge in [0, 0.05) is 18.6 Å². The molecule has 2 N–H and O–H groups in total. The van der Waals surface area contributed by atoms with Gasteiger partial charge in [0.1, 0.15) is 0 Å². The largest absolute Gasteiger partial charge is 0.481 e. The average molecular weight is 230 g/mol. The molecule has 2 amide bonds. The van der Waals surface area contributed by atoms with E-state index in [0.717, 1.165) is 6.42 Å². The third-order valence-electron chi connectivity index (χ3n) is 2.13. The molecule has 5 heteroatoms. The van der Waals surface area contributed by atoms with Crippen LogP contribution in [0, 0.1) is 0 Å². The Balaban J connectivity index is 4.42. The van der Waals surface area contributed by atoms with E-state index in [1.807, 2.05) is 27.7 Å². The molecule has 16 heavy (non-hydrogen) atoms. The second-order valence-electron chi connectivity index (χ2n) is 4.70. The number of carbonyl (C=O) groups excluding carboxylic acids is 1. The van der Waals surface area contributed by atoms with Crippen LogP contribution in [-0.4, -0.2) is 40.6 Å². The summed E-state index contributed by atoms with van der Waals surface area (Å²) in [5.41, 5.74) is -0.368. The van der Waals surface area contributed by atoms with Gasteiger partial charge in [-0.25, -0.2) is 4.79 Å². The Morgan fingerprint density at radius 2 is 1.88 bits per heavy atom. The van der Waals surface area contributed by atoms with Gasteiger partial charge in [-0.1, -0.05) is 6.92 Å². The number of carboxylic acids is 1. The van der Waals surface area contributed by atoms with Crippen LogP contribution in [0.4, 0.5) is 4.79 Å². The summed E-state index contributed by atoms with van der Waals surface area (Å²) in [7, 11) is 0. The third-order valence-corrected chi connectivity index (χ3v) is 2.13. The van der Waals surface area contributed by atoms with E-state index < -0.39 is 5.97 Å². The molecule has 0 aromatic carbocycles. The van der Waals surface area contributed by atoms with Gasteiger partial charge in [-0.15, -0.1) is 0 Å². The zero-order chi connectivity index (χ0) is 12.8. The molecule has 0 heterocycles. The first-order chi connectivity index (χ1) is 7.29. The lowest BCUT2D eigenvalue weighted by Crippen LogP contribution is -2.51. The summed E-state index contributed by atoms with van der Waals surface area (Å²) in [5, 5.41) is 11.4. The van der Waals surface area contributed by atoms with Crippen molar-refractivity contribution in [3.63, 3.8) is 0 Å². The van der Waals surface area contributed by atoms with Crippen LogP contribution in [0.1, 0.15) is 40.5 Å². The molecule has 0 aliphatic rings. The zero-order valence-corrected chi connectivity index (χ0v) is 10.5. The lowest BCUT2D eigenvalue weighted by Gasteiger charge is -2.35. The first-order valence-corrected chi connectivity index (χ1v) is 5.56. The fourth-order valence-electron chi connectivity index (χ4n) is 1.28. The highest BCUT2D eigenvalue weighted by molar-refractivity contribution is 5.76. The van der Waals surface area contributed by atoms with Crippen LogP contribution in [0.2, 0.25) is 0 Å². The maximum atomic E-state index is 11.8. The molecular weight excluding hydrogens is 208 g/mol. The number of hydrogen-bond donors (Lipinski definition) is 2. The second-order valence-corrected chi connectivity index (χ2v) is 4.70. The van der Waals surface area contributed by atoms with E-state index in [-0.39, 0.29) is 24.5 Å². The van der Waals surface area contributed by atoms with Crippen molar-refractivity contribution in [2.24, 2.45) is 0 Å². The molecule has 0 aromatic heterocycles. The summed E-state index contributed by atoms with van der Waals surface area (Å²) in [5.74, 6) is -0.891. The van der Waals surface area contributed by atoms with Crippen molar-refractivity contribution in [3.05, 3.63) is 0 Å². The van der Waals surface area contributed by atoms with Crippen LogP contribution in [-0.2, 0) is 4.79 Å². The molecule has 0 spiro atoms. The third kappa shape index (κ3) is 5.58. The minimum Gasteiger partial charge on any atom is -0.481 e. The molecule has 0 saturated carbocycles. The summed E-state index contributed by atoms with van der Waals surface area (Å²) in [6.07, 6.45) is 0.833. The Labute approximate surface area is 96.8 Å². The zero-order valence-electron chi connectivity index (χ0n) is 10.5. The van der Waals surface area contributed by atoms with Gasteiger partial charge in [0.25, 0.3) is 0 Å². The fourth-order valence-corrected chi connectivity index (χ4v) is 1.28. The van der Waals surface area contributed by atoms with E-state index >= 15 is 0 Å². The van der Waals surface area contributed by atoms with Crippen molar-refractivity contribution in [1.29, 1.82) is 0 Å². The molecule has 5 nitrogen and oxygen atoms in total. The summed E-state index contributed by atoms with van der Waals surface area (Å²) >= 11 is 0. The number of rotatable bonds is 5. The minimum atomic E-state index is -0.891. The molecule has 0 radical (unpaired) electrons. The molecule has 0 aromatic rings. The quantitative estimate of drug-likeness (QED) is 0.755. The van der Waals surface area contributed by atoms with E-state index in [0.29, 0.717) is 6.54 Å². The van der Waals surface area contributed by atoms with Crippen molar-refractivity contribution >= 4 is 12.0 Å². The topological polar surface area (TPSA) is 69.6 Å². The smallest absolute Gasteiger partial charge is 0.317 e. The standard InChI is InChI=1S/C11H22N2O3/c1-5-7-12-10(16)13(11(2,3)4)8-6-9(14)15/h5-8H2,1-4H3,(H,12,16)(H,14,15). The normalized spacial score (nSPS) is 11.0. The van der Waals surface area contributed by atoms with Crippen LogP contribution >= 0.6 is 0 Å². The molecule has 0 aliphatic carbocycles. The van der Waals surface area contributed by atoms with Gasteiger partial charge in [0.2, 0.25) is 0 Å². The van der Waals surface area contributed by atoms with E-state index in [4.69, 9.17) is 5.11 Å². The molecule has 0 rings (SSSR count). The van der Waals surface area contributed by atoms with Gasteiger partial charge in [-0.05, 0) is 27.2 Å². The number of hydrogen-bond acceptors (Lipinski definition) is 2. The lowest BCUT2D eigenvalue weighted by atomic mass is 10.1. The fraction of sp³-hybridized carbons (Fsp3) is 0.818. The number of amides is 2. The van der Waals surface area contributed by atoms with Gasteiger partial charge < -0.3 is 15.3 Å². The predicted molar refractivity (Wildman–Crippen MR) is 62.4 cm³/mol. The van der Waals surface area contributed by atoms with Crippen molar-refractivity contribution in [1.82, 2.24) is 10.2 Å². The predicted octanol–water partition coefficient (Wildman–Crippen LogP) is 1.68. The molecule has 0 aliphatic heterocycles. The number of carbonyl (C=O) groups is 2. The molecule has 0 unspecified atom stereocenters. The second kappa shape index (κ2) is 6.35. The van der Waals surface area contributed by atoms with Crippen LogP contribution in [0.25, 0.3) is 0 Å². The summed E-state index contributed by atoms with van der Waals surface area (Å²) < 4.78 is 0. The van der Waals surface area contributed by atoms with E-state index in [9.17, 15) is 9.59 Å². The molecule has 0 saturated heterocycles. The Bertz CT molecular complexity index is 246.